The first-order chi connectivity index (χ1) is 22.4. The van der Waals surface area contributed by atoms with Crippen LogP contribution in [-0.2, 0) is 10.1 Å². The first-order valence-electron chi connectivity index (χ1n) is 15.1. The first kappa shape index (κ1) is 36.9. The second-order valence-electron chi connectivity index (χ2n) is 9.80. The van der Waals surface area contributed by atoms with Gasteiger partial charge in [-0.2, -0.15) is 0 Å². The Morgan fingerprint density at radius 2 is 0.957 bits per heavy atom. The molecule has 0 N–H and O–H groups in total. The molecule has 0 saturated heterocycles. The highest BCUT2D eigenvalue weighted by molar-refractivity contribution is 9.10. The summed E-state index contributed by atoms with van der Waals surface area (Å²) in [5.41, 5.74) is 3.17. The average Bonchev–Trinajstić information content (AvgIpc) is 3.09. The molecule has 0 aliphatic rings. The van der Waals surface area contributed by atoms with Crippen molar-refractivity contribution in [2.45, 2.75) is 32.1 Å². The van der Waals surface area contributed by atoms with E-state index in [4.69, 9.17) is 14.3 Å². The quantitative estimate of drug-likeness (QED) is 0.0597. The highest BCUT2D eigenvalue weighted by atomic mass is 79.9. The fourth-order valence-electron chi connectivity index (χ4n) is 4.92. The molecule has 0 bridgehead atoms. The fraction of sp³-hybridized carbons (Fsp3) is 0.222. The zero-order valence-corrected chi connectivity index (χ0v) is 29.3. The normalized spacial score (nSPS) is 10.5. The number of hydrogen-bond acceptors (Lipinski definition) is 5. The van der Waals surface area contributed by atoms with Gasteiger partial charge in [-0.1, -0.05) is 91.0 Å². The van der Waals surface area contributed by atoms with Crippen molar-refractivity contribution in [3.05, 3.63) is 166 Å². The monoisotopic (exact) mass is 748 g/mol. The lowest BCUT2D eigenvalue weighted by Crippen LogP contribution is -2.48. The Kier molecular flexibility index (Phi) is 16.5. The van der Waals surface area contributed by atoms with Gasteiger partial charge in [-0.15, -0.1) is 0 Å². The van der Waals surface area contributed by atoms with E-state index in [1.54, 1.807) is 9.46 Å². The van der Waals surface area contributed by atoms with Gasteiger partial charge in [-0.05, 0) is 55.5 Å². The van der Waals surface area contributed by atoms with Crippen LogP contribution in [0.5, 0.6) is 0 Å². The summed E-state index contributed by atoms with van der Waals surface area (Å²) in [6, 6.07) is 42.6. The molecule has 3 aromatic carbocycles. The Morgan fingerprint density at radius 3 is 1.28 bits per heavy atom. The van der Waals surface area contributed by atoms with E-state index in [2.05, 4.69) is 68.3 Å². The standard InChI is InChI=1S/C22H21BO3.2C7H9BrNO/c24-23(25)26-18-10-17-22(19-11-4-1-5-12-19,20-13-6-2-7-14-20)21-15-8-3-9-16-21;2*1-2-10-9-6-4-3-5-7(9)8/h1-9,11-16H,10,17-18H2;2*3-6H,2H2,1H3/q-2;2*+1. The van der Waals surface area contributed by atoms with E-state index < -0.39 is 7.32 Å². The predicted molar refractivity (Wildman–Crippen MR) is 183 cm³/mol. The lowest BCUT2D eigenvalue weighted by atomic mass is 9.67. The van der Waals surface area contributed by atoms with Crippen LogP contribution in [-0.4, -0.2) is 27.1 Å². The third-order valence-corrected chi connectivity index (χ3v) is 8.07. The largest absolute Gasteiger partial charge is 0.871 e. The summed E-state index contributed by atoms with van der Waals surface area (Å²) < 4.78 is 9.95. The van der Waals surface area contributed by atoms with Crippen LogP contribution in [0.3, 0.4) is 0 Å². The van der Waals surface area contributed by atoms with Gasteiger partial charge in [0.25, 0.3) is 9.21 Å². The molecule has 0 fully saturated rings. The van der Waals surface area contributed by atoms with Gasteiger partial charge in [0.1, 0.15) is 0 Å². The summed E-state index contributed by atoms with van der Waals surface area (Å²) in [4.78, 5) is 10.4. The van der Waals surface area contributed by atoms with Crippen molar-refractivity contribution in [1.29, 1.82) is 0 Å². The number of hydrogen-bond donors (Lipinski definition) is 0. The molecular formula is C36H39BBr2N2O5. The molecule has 0 aliphatic carbocycles. The molecule has 0 amide bonds. The molecule has 0 aliphatic heterocycles. The summed E-state index contributed by atoms with van der Waals surface area (Å²) in [5, 5.41) is 21.4. The Bertz CT molecular complexity index is 1390. The van der Waals surface area contributed by atoms with E-state index in [1.807, 2.05) is 117 Å². The van der Waals surface area contributed by atoms with Crippen LogP contribution < -0.4 is 29.2 Å². The fourth-order valence-corrected chi connectivity index (χ4v) is 5.67. The number of aromatic nitrogens is 2. The molecule has 0 saturated carbocycles. The number of pyridine rings is 2. The summed E-state index contributed by atoms with van der Waals surface area (Å²) in [7, 11) is -2.23. The molecule has 10 heteroatoms. The van der Waals surface area contributed by atoms with Crippen LogP contribution in [0, 0.1) is 0 Å². The Hall–Kier alpha value is -3.54. The van der Waals surface area contributed by atoms with Gasteiger partial charge in [-0.25, -0.2) is 0 Å². The van der Waals surface area contributed by atoms with Crippen molar-refractivity contribution in [2.24, 2.45) is 0 Å². The molecule has 2 heterocycles. The van der Waals surface area contributed by atoms with Gasteiger partial charge in [0, 0.05) is 77.6 Å². The summed E-state index contributed by atoms with van der Waals surface area (Å²) >= 11 is 6.67. The molecule has 5 rings (SSSR count). The molecule has 240 valence electrons. The second-order valence-corrected chi connectivity index (χ2v) is 11.4. The van der Waals surface area contributed by atoms with E-state index in [1.165, 1.54) is 16.7 Å². The number of benzene rings is 3. The van der Waals surface area contributed by atoms with E-state index in [-0.39, 0.29) is 12.0 Å². The highest BCUT2D eigenvalue weighted by Gasteiger charge is 2.35. The SMILES string of the molecule is CCO[n+]1ccccc1Br.CCO[n+]1ccccc1Br.[O-]B([O-])OCCCC(c1ccccc1)(c1ccccc1)c1ccccc1. The van der Waals surface area contributed by atoms with Crippen molar-refractivity contribution in [1.82, 2.24) is 0 Å². The summed E-state index contributed by atoms with van der Waals surface area (Å²) in [6.45, 7) is 5.41. The number of rotatable bonds is 12. The topological polar surface area (TPSA) is 81.6 Å². The van der Waals surface area contributed by atoms with Crippen LogP contribution in [0.4, 0.5) is 0 Å². The first-order valence-corrected chi connectivity index (χ1v) is 16.7. The van der Waals surface area contributed by atoms with E-state index in [0.717, 1.165) is 15.6 Å². The maximum Gasteiger partial charge on any atom is 0.298 e. The minimum Gasteiger partial charge on any atom is -0.871 e. The molecule has 5 aromatic rings. The van der Waals surface area contributed by atoms with Crippen LogP contribution in [0.15, 0.2) is 149 Å². The molecule has 0 atom stereocenters. The highest BCUT2D eigenvalue weighted by Crippen LogP contribution is 2.42. The Balaban J connectivity index is 0.000000235. The molecule has 46 heavy (non-hydrogen) atoms. The zero-order chi connectivity index (χ0) is 33.0. The average molecular weight is 750 g/mol. The van der Waals surface area contributed by atoms with Crippen LogP contribution in [0.2, 0.25) is 0 Å². The van der Waals surface area contributed by atoms with E-state index >= 15 is 0 Å². The van der Waals surface area contributed by atoms with Gasteiger partial charge in [0.15, 0.2) is 13.2 Å². The molecule has 7 nitrogen and oxygen atoms in total. The summed E-state index contributed by atoms with van der Waals surface area (Å²) in [5.74, 6) is 0. The van der Waals surface area contributed by atoms with Gasteiger partial charge in [0.05, 0.1) is 7.32 Å². The molecule has 2 aromatic heterocycles. The molecule has 0 spiro atoms. The molecular weight excluding hydrogens is 711 g/mol. The van der Waals surface area contributed by atoms with Gasteiger partial charge >= 0.3 is 0 Å². The van der Waals surface area contributed by atoms with Crippen molar-refractivity contribution < 1.29 is 33.8 Å². The minimum absolute atomic E-state index is 0.159. The third-order valence-electron chi connectivity index (χ3n) is 6.84. The Morgan fingerprint density at radius 1 is 0.587 bits per heavy atom. The van der Waals surface area contributed by atoms with Crippen molar-refractivity contribution in [3.63, 3.8) is 0 Å². The van der Waals surface area contributed by atoms with Gasteiger partial charge in [-0.3, -0.25) is 9.68 Å². The third kappa shape index (κ3) is 11.4. The number of halogens is 2. The summed E-state index contributed by atoms with van der Waals surface area (Å²) in [6.07, 6.45) is 5.05. The lowest BCUT2D eigenvalue weighted by Gasteiger charge is -2.37. The van der Waals surface area contributed by atoms with Crippen molar-refractivity contribution >= 4 is 39.2 Å². The Labute approximate surface area is 289 Å². The van der Waals surface area contributed by atoms with Gasteiger partial charge in [0.2, 0.25) is 12.4 Å². The molecule has 0 unspecified atom stereocenters. The predicted octanol–water partition coefficient (Wildman–Crippen LogP) is 4.89. The minimum atomic E-state index is -2.23. The maximum absolute atomic E-state index is 10.7. The van der Waals surface area contributed by atoms with Crippen LogP contribution >= 0.6 is 31.9 Å². The smallest absolute Gasteiger partial charge is 0.298 e. The van der Waals surface area contributed by atoms with Gasteiger partial charge < -0.3 is 14.7 Å². The van der Waals surface area contributed by atoms with E-state index in [9.17, 15) is 10.0 Å². The van der Waals surface area contributed by atoms with Crippen molar-refractivity contribution in [2.75, 3.05) is 19.8 Å². The van der Waals surface area contributed by atoms with E-state index in [0.29, 0.717) is 19.6 Å². The molecule has 0 radical (unpaired) electrons. The lowest BCUT2D eigenvalue weighted by molar-refractivity contribution is -0.899. The zero-order valence-electron chi connectivity index (χ0n) is 26.1. The maximum atomic E-state index is 10.7. The second kappa shape index (κ2) is 20.6. The van der Waals surface area contributed by atoms with Crippen LogP contribution in [0.1, 0.15) is 43.4 Å². The number of nitrogens with zero attached hydrogens (tertiary/aromatic N) is 2. The van der Waals surface area contributed by atoms with Crippen LogP contribution in [0.25, 0.3) is 0 Å². The van der Waals surface area contributed by atoms with Crippen molar-refractivity contribution in [3.8, 4) is 0 Å².